The summed E-state index contributed by atoms with van der Waals surface area (Å²) in [6.45, 7) is -0.111. The zero-order chi connectivity index (χ0) is 20.5. The zero-order valence-corrected chi connectivity index (χ0v) is 17.6. The predicted octanol–water partition coefficient (Wildman–Crippen LogP) is 6.99. The largest absolute Gasteiger partial charge is 0.339 e. The van der Waals surface area contributed by atoms with Gasteiger partial charge in [-0.1, -0.05) is 29.8 Å². The molecule has 0 saturated heterocycles. The van der Waals surface area contributed by atoms with E-state index in [0.717, 1.165) is 27.6 Å². The summed E-state index contributed by atoms with van der Waals surface area (Å²) < 4.78 is 29.4. The Morgan fingerprint density at radius 1 is 1.07 bits per heavy atom. The van der Waals surface area contributed by atoms with Crippen molar-refractivity contribution in [2.75, 3.05) is 15.5 Å². The van der Waals surface area contributed by atoms with Crippen molar-refractivity contribution in [2.45, 2.75) is 16.3 Å². The van der Waals surface area contributed by atoms with Gasteiger partial charge in [-0.25, -0.2) is 17.9 Å². The second-order valence-electron chi connectivity index (χ2n) is 6.27. The smallest absolute Gasteiger partial charge is 0.288 e. The fourth-order valence-electron chi connectivity index (χ4n) is 3.04. The first kappa shape index (κ1) is 20.1. The van der Waals surface area contributed by atoms with Crippen LogP contribution in [-0.4, -0.2) is 12.3 Å². The van der Waals surface area contributed by atoms with Crippen molar-refractivity contribution in [1.29, 1.82) is 0 Å². The Bertz CT molecular complexity index is 1070. The molecule has 8 heteroatoms. The van der Waals surface area contributed by atoms with Crippen LogP contribution in [0, 0.1) is 11.6 Å². The van der Waals surface area contributed by atoms with Gasteiger partial charge in [-0.3, -0.25) is 4.90 Å². The highest BCUT2D eigenvalue weighted by atomic mass is 35.5. The fourth-order valence-corrected chi connectivity index (χ4v) is 4.75. The Hall–Kier alpha value is -2.22. The van der Waals surface area contributed by atoms with E-state index in [-0.39, 0.29) is 23.2 Å². The summed E-state index contributed by atoms with van der Waals surface area (Å²) in [5.41, 5.74) is 1.44. The van der Waals surface area contributed by atoms with Crippen molar-refractivity contribution >= 4 is 52.7 Å². The minimum Gasteiger partial charge on any atom is -0.288 e. The molecule has 3 aromatic carbocycles. The number of amides is 2. The van der Waals surface area contributed by atoms with E-state index in [4.69, 9.17) is 11.6 Å². The number of fused-ring (bicyclic) bond motifs is 1. The summed E-state index contributed by atoms with van der Waals surface area (Å²) in [5.74, 6) is -1.54. The first-order valence-corrected chi connectivity index (χ1v) is 11.0. The van der Waals surface area contributed by atoms with Crippen LogP contribution in [-0.2, 0) is 6.54 Å². The average Bonchev–Trinajstić information content (AvgIpc) is 2.71. The maximum atomic E-state index is 14.4. The predicted molar refractivity (Wildman–Crippen MR) is 116 cm³/mol. The number of hydrogen-bond acceptors (Lipinski definition) is 3. The first-order valence-electron chi connectivity index (χ1n) is 8.64. The molecule has 1 heterocycles. The number of halogens is 3. The van der Waals surface area contributed by atoms with E-state index >= 15 is 0 Å². The molecule has 0 aliphatic carbocycles. The van der Waals surface area contributed by atoms with Crippen molar-refractivity contribution < 1.29 is 13.6 Å². The van der Waals surface area contributed by atoms with E-state index in [9.17, 15) is 13.6 Å². The van der Waals surface area contributed by atoms with Gasteiger partial charge in [0.2, 0.25) is 0 Å². The van der Waals surface area contributed by atoms with Gasteiger partial charge in [-0.05, 0) is 54.6 Å². The van der Waals surface area contributed by atoms with Gasteiger partial charge < -0.3 is 0 Å². The third-order valence-corrected chi connectivity index (χ3v) is 6.61. The Balaban J connectivity index is 1.77. The van der Waals surface area contributed by atoms with Crippen LogP contribution in [0.1, 0.15) is 5.56 Å². The zero-order valence-electron chi connectivity index (χ0n) is 15.2. The molecule has 0 atom stereocenters. The van der Waals surface area contributed by atoms with E-state index in [1.807, 2.05) is 48.7 Å². The fraction of sp³-hybridized carbons (Fsp3) is 0.0952. The van der Waals surface area contributed by atoms with Crippen LogP contribution >= 0.6 is 35.3 Å². The van der Waals surface area contributed by atoms with Crippen molar-refractivity contribution in [1.82, 2.24) is 0 Å². The quantitative estimate of drug-likeness (QED) is 0.317. The van der Waals surface area contributed by atoms with Crippen molar-refractivity contribution in [3.8, 4) is 0 Å². The van der Waals surface area contributed by atoms with E-state index in [0.29, 0.717) is 5.69 Å². The number of nitrogens with zero attached hydrogens (tertiary/aromatic N) is 2. The normalized spacial score (nSPS) is 13.6. The second-order valence-corrected chi connectivity index (χ2v) is 8.55. The van der Waals surface area contributed by atoms with E-state index < -0.39 is 11.6 Å². The second kappa shape index (κ2) is 8.26. The van der Waals surface area contributed by atoms with Gasteiger partial charge in [0, 0.05) is 16.5 Å². The number of thioether (sulfide) groups is 1. The van der Waals surface area contributed by atoms with Crippen molar-refractivity contribution in [2.24, 2.45) is 0 Å². The van der Waals surface area contributed by atoms with Gasteiger partial charge >= 0.3 is 6.03 Å². The Kier molecular flexibility index (Phi) is 5.72. The number of para-hydroxylation sites is 1. The maximum absolute atomic E-state index is 14.4. The number of anilines is 2. The summed E-state index contributed by atoms with van der Waals surface area (Å²) in [7, 11) is 0. The van der Waals surface area contributed by atoms with Gasteiger partial charge in [0.05, 0.1) is 27.8 Å². The van der Waals surface area contributed by atoms with Gasteiger partial charge in [0.1, 0.15) is 11.6 Å². The molecule has 2 amide bonds. The van der Waals surface area contributed by atoms with Gasteiger partial charge in [-0.15, -0.1) is 11.8 Å². The molecular weight excluding hydrogens is 434 g/mol. The van der Waals surface area contributed by atoms with Crippen LogP contribution in [0.4, 0.5) is 25.0 Å². The van der Waals surface area contributed by atoms with Crippen LogP contribution in [0.3, 0.4) is 0 Å². The minimum atomic E-state index is -0.783. The number of hydrogen-bond donors (Lipinski definition) is 0. The van der Waals surface area contributed by atoms with E-state index in [2.05, 4.69) is 0 Å². The van der Waals surface area contributed by atoms with Crippen molar-refractivity contribution in [3.63, 3.8) is 0 Å². The molecule has 0 bridgehead atoms. The highest BCUT2D eigenvalue weighted by Crippen LogP contribution is 2.43. The highest BCUT2D eigenvalue weighted by Gasteiger charge is 2.33. The molecule has 29 heavy (non-hydrogen) atoms. The van der Waals surface area contributed by atoms with Crippen LogP contribution in [0.25, 0.3) is 0 Å². The third kappa shape index (κ3) is 3.95. The Morgan fingerprint density at radius 2 is 1.86 bits per heavy atom. The molecular formula is C21H15ClF2N2OS2. The number of carbonyl (C=O) groups excluding carboxylic acids is 1. The molecule has 1 aliphatic heterocycles. The van der Waals surface area contributed by atoms with Gasteiger partial charge in [0.25, 0.3) is 0 Å². The van der Waals surface area contributed by atoms with Gasteiger partial charge in [-0.2, -0.15) is 0 Å². The molecule has 4 rings (SSSR count). The summed E-state index contributed by atoms with van der Waals surface area (Å²) in [5, 5.41) is -0.0538. The summed E-state index contributed by atoms with van der Waals surface area (Å²) in [4.78, 5) is 16.7. The Labute approximate surface area is 180 Å². The number of carbonyl (C=O) groups is 1. The summed E-state index contributed by atoms with van der Waals surface area (Å²) >= 11 is 8.97. The van der Waals surface area contributed by atoms with Gasteiger partial charge in [0.15, 0.2) is 0 Å². The monoisotopic (exact) mass is 448 g/mol. The lowest BCUT2D eigenvalue weighted by Gasteiger charge is -2.36. The molecule has 0 saturated carbocycles. The lowest BCUT2D eigenvalue weighted by molar-refractivity contribution is 0.254. The Morgan fingerprint density at radius 3 is 2.62 bits per heavy atom. The summed E-state index contributed by atoms with van der Waals surface area (Å²) in [6, 6.07) is 16.5. The molecule has 0 N–H and O–H groups in total. The van der Waals surface area contributed by atoms with Crippen LogP contribution in [0.15, 0.2) is 70.5 Å². The maximum Gasteiger partial charge on any atom is 0.339 e. The molecule has 0 unspecified atom stereocenters. The number of urea groups is 1. The average molecular weight is 449 g/mol. The van der Waals surface area contributed by atoms with Crippen LogP contribution in [0.5, 0.6) is 0 Å². The summed E-state index contributed by atoms with van der Waals surface area (Å²) in [6.07, 6.45) is 1.96. The molecule has 0 fully saturated rings. The molecule has 3 aromatic rings. The van der Waals surface area contributed by atoms with E-state index in [1.54, 1.807) is 22.1 Å². The molecule has 148 valence electrons. The lowest BCUT2D eigenvalue weighted by atomic mass is 10.1. The topological polar surface area (TPSA) is 23.6 Å². The molecule has 3 nitrogen and oxygen atoms in total. The number of rotatable bonds is 4. The van der Waals surface area contributed by atoms with Crippen molar-refractivity contribution in [3.05, 3.63) is 82.9 Å². The molecule has 0 radical (unpaired) electrons. The molecule has 1 aliphatic rings. The minimum absolute atomic E-state index is 0.0538. The van der Waals surface area contributed by atoms with E-state index in [1.165, 1.54) is 16.8 Å². The highest BCUT2D eigenvalue weighted by molar-refractivity contribution is 8.01. The molecule has 0 aromatic heterocycles. The lowest BCUT2D eigenvalue weighted by Crippen LogP contribution is -2.43. The standard InChI is InChI=1S/C21H15ClF2N2OS2/c1-28-15-6-4-5-14(11-15)26-21(27)25(19-7-2-3-8-20(19)29-26)12-16-17(22)9-13(23)10-18(16)24/h2-11H,12H2,1H3. The van der Waals surface area contributed by atoms with Crippen LogP contribution in [0.2, 0.25) is 5.02 Å². The SMILES string of the molecule is CSc1cccc(N2Sc3ccccc3N(Cc3c(F)cc(F)cc3Cl)C2=O)c1. The molecule has 0 spiro atoms. The third-order valence-electron chi connectivity index (χ3n) is 4.46. The number of benzene rings is 3. The van der Waals surface area contributed by atoms with Crippen LogP contribution < -0.4 is 9.21 Å². The first-order chi connectivity index (χ1) is 14.0.